The van der Waals surface area contributed by atoms with E-state index in [1.165, 1.54) is 12.1 Å². The molecule has 2 aromatic rings. The molecule has 5 nitrogen and oxygen atoms in total. The van der Waals surface area contributed by atoms with Gasteiger partial charge in [-0.3, -0.25) is 4.79 Å². The van der Waals surface area contributed by atoms with Crippen molar-refractivity contribution >= 4 is 39.1 Å². The first-order chi connectivity index (χ1) is 10.6. The van der Waals surface area contributed by atoms with Gasteiger partial charge >= 0.3 is 5.97 Å². The third-order valence-electron chi connectivity index (χ3n) is 3.40. The number of amides is 1. The molecule has 0 saturated heterocycles. The summed E-state index contributed by atoms with van der Waals surface area (Å²) < 4.78 is 0.543. The molecule has 1 aromatic carbocycles. The Morgan fingerprint density at radius 2 is 1.83 bits per heavy atom. The van der Waals surface area contributed by atoms with Gasteiger partial charge in [-0.1, -0.05) is 15.9 Å². The van der Waals surface area contributed by atoms with Crippen molar-refractivity contribution in [2.24, 2.45) is 0 Å². The fraction of sp³-hybridized carbons (Fsp3) is 0.312. The summed E-state index contributed by atoms with van der Waals surface area (Å²) >= 11 is 4.77. The highest BCUT2D eigenvalue weighted by Crippen LogP contribution is 2.28. The summed E-state index contributed by atoms with van der Waals surface area (Å²) in [4.78, 5) is 29.2. The van der Waals surface area contributed by atoms with Gasteiger partial charge in [0.15, 0.2) is 0 Å². The molecule has 2 N–H and O–H groups in total. The summed E-state index contributed by atoms with van der Waals surface area (Å²) in [6, 6.07) is 4.41. The summed E-state index contributed by atoms with van der Waals surface area (Å²) in [6.45, 7) is 7.67. The van der Waals surface area contributed by atoms with Crippen molar-refractivity contribution in [3.8, 4) is 0 Å². The lowest BCUT2D eigenvalue weighted by Gasteiger charge is -2.24. The van der Waals surface area contributed by atoms with Crippen molar-refractivity contribution in [2.45, 2.75) is 33.2 Å². The topological polar surface area (TPSA) is 79.3 Å². The van der Waals surface area contributed by atoms with Gasteiger partial charge in [-0.25, -0.2) is 9.78 Å². The number of carbonyl (C=O) groups excluding carboxylic acids is 1. The molecule has 0 radical (unpaired) electrons. The Hall–Kier alpha value is -1.73. The fourth-order valence-electron chi connectivity index (χ4n) is 1.99. The van der Waals surface area contributed by atoms with Crippen molar-refractivity contribution in [3.63, 3.8) is 0 Å². The summed E-state index contributed by atoms with van der Waals surface area (Å²) in [5.41, 5.74) is 0.646. The van der Waals surface area contributed by atoms with Gasteiger partial charge < -0.3 is 10.4 Å². The summed E-state index contributed by atoms with van der Waals surface area (Å²) in [6.07, 6.45) is 0. The Morgan fingerprint density at radius 1 is 1.22 bits per heavy atom. The highest BCUT2D eigenvalue weighted by atomic mass is 79.9. The number of rotatable bonds is 4. The quantitative estimate of drug-likeness (QED) is 0.821. The van der Waals surface area contributed by atoms with Crippen LogP contribution in [0.2, 0.25) is 0 Å². The zero-order valence-electron chi connectivity index (χ0n) is 13.2. The second-order valence-electron chi connectivity index (χ2n) is 5.77. The van der Waals surface area contributed by atoms with Gasteiger partial charge in [-0.2, -0.15) is 0 Å². The number of aryl methyl sites for hydroxylation is 2. The smallest absolute Gasteiger partial charge is 0.335 e. The number of hydrogen-bond acceptors (Lipinski definition) is 4. The van der Waals surface area contributed by atoms with Gasteiger partial charge in [0.05, 0.1) is 16.8 Å². The Labute approximate surface area is 146 Å². The molecule has 122 valence electrons. The van der Waals surface area contributed by atoms with Gasteiger partial charge in [-0.05, 0) is 45.9 Å². The summed E-state index contributed by atoms with van der Waals surface area (Å²) in [7, 11) is 0. The SMILES string of the molecule is Cc1nc(C(C)(C)NC(=O)c2cc(Br)cc(C(=O)O)c2)sc1C. The average molecular weight is 397 g/mol. The van der Waals surface area contributed by atoms with E-state index in [-0.39, 0.29) is 17.0 Å². The van der Waals surface area contributed by atoms with E-state index in [2.05, 4.69) is 26.2 Å². The average Bonchev–Trinajstić information content (AvgIpc) is 2.78. The number of carboxylic acids is 1. The van der Waals surface area contributed by atoms with E-state index < -0.39 is 11.5 Å². The minimum absolute atomic E-state index is 0.0586. The highest BCUT2D eigenvalue weighted by molar-refractivity contribution is 9.10. The number of aromatic carboxylic acids is 1. The van der Waals surface area contributed by atoms with Crippen LogP contribution in [0.25, 0.3) is 0 Å². The standard InChI is InChI=1S/C16H17BrN2O3S/c1-8-9(2)23-15(18-8)16(3,4)19-13(20)10-5-11(14(21)22)7-12(17)6-10/h5-7H,1-4H3,(H,19,20)(H,21,22). The van der Waals surface area contributed by atoms with E-state index in [1.807, 2.05) is 27.7 Å². The van der Waals surface area contributed by atoms with Crippen LogP contribution in [0.15, 0.2) is 22.7 Å². The maximum atomic E-state index is 12.5. The first-order valence-electron chi connectivity index (χ1n) is 6.91. The lowest BCUT2D eigenvalue weighted by Crippen LogP contribution is -2.41. The lowest BCUT2D eigenvalue weighted by molar-refractivity contribution is 0.0697. The molecule has 0 bridgehead atoms. The van der Waals surface area contributed by atoms with Gasteiger partial charge in [-0.15, -0.1) is 11.3 Å². The molecule has 2 rings (SSSR count). The Kier molecular flexibility index (Phi) is 4.91. The van der Waals surface area contributed by atoms with E-state index >= 15 is 0 Å². The van der Waals surface area contributed by atoms with Crippen molar-refractivity contribution in [1.29, 1.82) is 0 Å². The summed E-state index contributed by atoms with van der Waals surface area (Å²) in [5.74, 6) is -1.42. The third kappa shape index (κ3) is 3.97. The fourth-order valence-corrected chi connectivity index (χ4v) is 3.46. The predicted molar refractivity (Wildman–Crippen MR) is 93.2 cm³/mol. The number of aromatic nitrogens is 1. The molecule has 23 heavy (non-hydrogen) atoms. The summed E-state index contributed by atoms with van der Waals surface area (Å²) in [5, 5.41) is 12.8. The molecule has 0 aliphatic carbocycles. The van der Waals surface area contributed by atoms with Crippen molar-refractivity contribution in [2.75, 3.05) is 0 Å². The molecule has 0 unspecified atom stereocenters. The Bertz CT molecular complexity index is 764. The Morgan fingerprint density at radius 3 is 2.35 bits per heavy atom. The van der Waals surface area contributed by atoms with Crippen LogP contribution in [0.4, 0.5) is 0 Å². The van der Waals surface area contributed by atoms with Gasteiger partial charge in [0.1, 0.15) is 5.01 Å². The van der Waals surface area contributed by atoms with Crippen LogP contribution in [0.3, 0.4) is 0 Å². The minimum Gasteiger partial charge on any atom is -0.478 e. The number of halogens is 1. The van der Waals surface area contributed by atoms with Gasteiger partial charge in [0, 0.05) is 14.9 Å². The number of nitrogens with zero attached hydrogens (tertiary/aromatic N) is 1. The van der Waals surface area contributed by atoms with Crippen LogP contribution < -0.4 is 5.32 Å². The first kappa shape index (κ1) is 17.6. The van der Waals surface area contributed by atoms with Crippen molar-refractivity contribution < 1.29 is 14.7 Å². The number of carboxylic acid groups (broad SMARTS) is 1. The van der Waals surface area contributed by atoms with E-state index in [0.717, 1.165) is 15.6 Å². The molecule has 1 amide bonds. The van der Waals surface area contributed by atoms with Crippen molar-refractivity contribution in [1.82, 2.24) is 10.3 Å². The molecular formula is C16H17BrN2O3S. The maximum Gasteiger partial charge on any atom is 0.335 e. The molecule has 0 aliphatic rings. The highest BCUT2D eigenvalue weighted by Gasteiger charge is 2.27. The second kappa shape index (κ2) is 6.41. The number of nitrogens with one attached hydrogen (secondary N) is 1. The minimum atomic E-state index is -1.08. The molecule has 0 fully saturated rings. The van der Waals surface area contributed by atoms with Gasteiger partial charge in [0.2, 0.25) is 0 Å². The predicted octanol–water partition coefficient (Wildman–Crippen LogP) is 3.89. The zero-order valence-corrected chi connectivity index (χ0v) is 15.6. The normalized spacial score (nSPS) is 11.3. The largest absolute Gasteiger partial charge is 0.478 e. The number of thiazole rings is 1. The van der Waals surface area contributed by atoms with Crippen LogP contribution >= 0.6 is 27.3 Å². The zero-order chi connectivity index (χ0) is 17.4. The molecule has 0 spiro atoms. The van der Waals surface area contributed by atoms with Crippen LogP contribution in [0, 0.1) is 13.8 Å². The van der Waals surface area contributed by atoms with E-state index in [9.17, 15) is 9.59 Å². The lowest BCUT2D eigenvalue weighted by atomic mass is 10.0. The van der Waals surface area contributed by atoms with E-state index in [4.69, 9.17) is 5.11 Å². The van der Waals surface area contributed by atoms with Gasteiger partial charge in [0.25, 0.3) is 5.91 Å². The molecule has 1 aromatic heterocycles. The second-order valence-corrected chi connectivity index (χ2v) is 7.89. The monoisotopic (exact) mass is 396 g/mol. The van der Waals surface area contributed by atoms with Crippen LogP contribution in [-0.4, -0.2) is 22.0 Å². The number of carbonyl (C=O) groups is 2. The molecule has 1 heterocycles. The molecule has 7 heteroatoms. The van der Waals surface area contributed by atoms with E-state index in [1.54, 1.807) is 17.4 Å². The third-order valence-corrected chi connectivity index (χ3v) is 5.25. The van der Waals surface area contributed by atoms with Crippen LogP contribution in [-0.2, 0) is 5.54 Å². The first-order valence-corrected chi connectivity index (χ1v) is 8.52. The number of benzene rings is 1. The Balaban J connectivity index is 2.29. The molecule has 0 atom stereocenters. The number of hydrogen-bond donors (Lipinski definition) is 2. The van der Waals surface area contributed by atoms with Crippen molar-refractivity contribution in [3.05, 3.63) is 49.4 Å². The molecular weight excluding hydrogens is 380 g/mol. The van der Waals surface area contributed by atoms with E-state index in [0.29, 0.717) is 4.47 Å². The molecule has 0 saturated carbocycles. The van der Waals surface area contributed by atoms with Crippen LogP contribution in [0.1, 0.15) is 50.1 Å². The maximum absolute atomic E-state index is 12.5. The van der Waals surface area contributed by atoms with Crippen LogP contribution in [0.5, 0.6) is 0 Å². The molecule has 0 aliphatic heterocycles.